The van der Waals surface area contributed by atoms with Gasteiger partial charge in [0.1, 0.15) is 35.5 Å². The maximum absolute atomic E-state index is 6.25. The minimum Gasteiger partial charge on any atom is -0.486 e. The van der Waals surface area contributed by atoms with Crippen molar-refractivity contribution in [3.63, 3.8) is 0 Å². The fourth-order valence-electron chi connectivity index (χ4n) is 3.46. The van der Waals surface area contributed by atoms with Gasteiger partial charge in [0.25, 0.3) is 0 Å². The molecule has 0 bridgehead atoms. The Kier molecular flexibility index (Phi) is 5.24. The van der Waals surface area contributed by atoms with E-state index in [4.69, 9.17) is 19.9 Å². The molecular formula is C24H22N4O3. The molecule has 0 spiro atoms. The van der Waals surface area contributed by atoms with Gasteiger partial charge in [0.05, 0.1) is 24.4 Å². The normalized spacial score (nSPS) is 15.7. The van der Waals surface area contributed by atoms with E-state index in [1.807, 2.05) is 66.7 Å². The highest BCUT2D eigenvalue weighted by molar-refractivity contribution is 5.94. The van der Waals surface area contributed by atoms with E-state index in [9.17, 15) is 0 Å². The highest BCUT2D eigenvalue weighted by atomic mass is 16.5. The number of fused-ring (bicyclic) bond motifs is 1. The summed E-state index contributed by atoms with van der Waals surface area (Å²) in [4.78, 5) is 8.78. The fourth-order valence-corrected chi connectivity index (χ4v) is 3.46. The summed E-state index contributed by atoms with van der Waals surface area (Å²) >= 11 is 0. The molecule has 1 fully saturated rings. The van der Waals surface area contributed by atoms with Crippen molar-refractivity contribution in [3.05, 3.63) is 73.1 Å². The number of para-hydroxylation sites is 1. The van der Waals surface area contributed by atoms with Gasteiger partial charge in [0.15, 0.2) is 0 Å². The van der Waals surface area contributed by atoms with Crippen LogP contribution in [-0.4, -0.2) is 29.3 Å². The first-order chi connectivity index (χ1) is 15.2. The average Bonchev–Trinajstić information content (AvgIpc) is 3.30. The lowest BCUT2D eigenvalue weighted by Crippen LogP contribution is -2.16. The molecule has 0 amide bonds. The molecule has 1 aromatic heterocycles. The number of nitrogens with two attached hydrogens (primary N) is 1. The maximum atomic E-state index is 6.25. The molecule has 1 aliphatic rings. The molecule has 0 radical (unpaired) electrons. The molecule has 5 rings (SSSR count). The van der Waals surface area contributed by atoms with Crippen molar-refractivity contribution in [3.8, 4) is 17.2 Å². The summed E-state index contributed by atoms with van der Waals surface area (Å²) in [6, 6.07) is 21.1. The Morgan fingerprint density at radius 3 is 2.55 bits per heavy atom. The molecule has 2 heterocycles. The number of anilines is 3. The third-order valence-electron chi connectivity index (χ3n) is 5.04. The number of nitrogens with zero attached hydrogens (tertiary/aromatic N) is 2. The SMILES string of the molecule is Nc1cc2c(Nc3ccc(Oc4ccccc4)cc3)ncnc2cc1OC1CCOC1. The highest BCUT2D eigenvalue weighted by Crippen LogP contribution is 2.33. The lowest BCUT2D eigenvalue weighted by Gasteiger charge is -2.15. The van der Waals surface area contributed by atoms with Gasteiger partial charge in [0.2, 0.25) is 0 Å². The van der Waals surface area contributed by atoms with Gasteiger partial charge in [-0.2, -0.15) is 0 Å². The third kappa shape index (κ3) is 4.36. The van der Waals surface area contributed by atoms with Gasteiger partial charge in [-0.1, -0.05) is 18.2 Å². The summed E-state index contributed by atoms with van der Waals surface area (Å²) in [5, 5.41) is 4.15. The molecular weight excluding hydrogens is 392 g/mol. The van der Waals surface area contributed by atoms with Crippen molar-refractivity contribution in [1.29, 1.82) is 0 Å². The fraction of sp³-hybridized carbons (Fsp3) is 0.167. The topological polar surface area (TPSA) is 91.5 Å². The summed E-state index contributed by atoms with van der Waals surface area (Å²) in [5.41, 5.74) is 8.43. The first kappa shape index (κ1) is 19.1. The molecule has 0 saturated carbocycles. The van der Waals surface area contributed by atoms with Gasteiger partial charge in [-0.05, 0) is 42.5 Å². The molecule has 156 valence electrons. The zero-order chi connectivity index (χ0) is 21.0. The van der Waals surface area contributed by atoms with E-state index < -0.39 is 0 Å². The summed E-state index contributed by atoms with van der Waals surface area (Å²) < 4.78 is 17.2. The minimum atomic E-state index is 0.0239. The van der Waals surface area contributed by atoms with E-state index in [-0.39, 0.29) is 6.10 Å². The van der Waals surface area contributed by atoms with Gasteiger partial charge in [-0.3, -0.25) is 0 Å². The first-order valence-corrected chi connectivity index (χ1v) is 10.1. The Morgan fingerprint density at radius 1 is 0.968 bits per heavy atom. The summed E-state index contributed by atoms with van der Waals surface area (Å²) in [6.07, 6.45) is 2.41. The van der Waals surface area contributed by atoms with E-state index >= 15 is 0 Å². The standard InChI is InChI=1S/C24H22N4O3/c25-21-12-20-22(13-23(21)31-19-10-11-29-14-19)26-15-27-24(20)28-16-6-8-18(9-7-16)30-17-4-2-1-3-5-17/h1-9,12-13,15,19H,10-11,14,25H2,(H,26,27,28). The van der Waals surface area contributed by atoms with Crippen LogP contribution in [0.5, 0.6) is 17.2 Å². The first-order valence-electron chi connectivity index (χ1n) is 10.1. The lowest BCUT2D eigenvalue weighted by molar-refractivity contribution is 0.142. The van der Waals surface area contributed by atoms with Crippen molar-refractivity contribution < 1.29 is 14.2 Å². The lowest BCUT2D eigenvalue weighted by atomic mass is 10.2. The Hall–Kier alpha value is -3.84. The number of hydrogen-bond acceptors (Lipinski definition) is 7. The van der Waals surface area contributed by atoms with Crippen molar-refractivity contribution in [1.82, 2.24) is 9.97 Å². The summed E-state index contributed by atoms with van der Waals surface area (Å²) in [5.74, 6) is 2.84. The van der Waals surface area contributed by atoms with Gasteiger partial charge in [0, 0.05) is 23.6 Å². The molecule has 7 nitrogen and oxygen atoms in total. The Balaban J connectivity index is 1.35. The van der Waals surface area contributed by atoms with Crippen LogP contribution in [0.15, 0.2) is 73.1 Å². The quantitative estimate of drug-likeness (QED) is 0.433. The van der Waals surface area contributed by atoms with E-state index in [1.165, 1.54) is 6.33 Å². The third-order valence-corrected chi connectivity index (χ3v) is 5.04. The predicted octanol–water partition coefficient (Wildman–Crippen LogP) is 4.92. The predicted molar refractivity (Wildman–Crippen MR) is 120 cm³/mol. The molecule has 1 aliphatic heterocycles. The van der Waals surface area contributed by atoms with Crippen LogP contribution in [0.25, 0.3) is 10.9 Å². The van der Waals surface area contributed by atoms with Crippen LogP contribution in [0.3, 0.4) is 0 Å². The molecule has 3 aromatic carbocycles. The Morgan fingerprint density at radius 2 is 1.77 bits per heavy atom. The number of ether oxygens (including phenoxy) is 3. The summed E-state index contributed by atoms with van der Waals surface area (Å²) in [7, 11) is 0. The van der Waals surface area contributed by atoms with Gasteiger partial charge < -0.3 is 25.3 Å². The number of rotatable bonds is 6. The Bertz CT molecular complexity index is 1180. The van der Waals surface area contributed by atoms with Crippen molar-refractivity contribution in [2.75, 3.05) is 24.3 Å². The zero-order valence-electron chi connectivity index (χ0n) is 16.8. The van der Waals surface area contributed by atoms with Gasteiger partial charge in [-0.25, -0.2) is 9.97 Å². The number of aromatic nitrogens is 2. The maximum Gasteiger partial charge on any atom is 0.144 e. The number of benzene rings is 3. The van der Waals surface area contributed by atoms with E-state index in [2.05, 4.69) is 15.3 Å². The molecule has 0 aliphatic carbocycles. The molecule has 31 heavy (non-hydrogen) atoms. The second-order valence-corrected chi connectivity index (χ2v) is 7.30. The van der Waals surface area contributed by atoms with Crippen LogP contribution in [-0.2, 0) is 4.74 Å². The van der Waals surface area contributed by atoms with Gasteiger partial charge in [-0.15, -0.1) is 0 Å². The average molecular weight is 414 g/mol. The van der Waals surface area contributed by atoms with Crippen LogP contribution < -0.4 is 20.5 Å². The van der Waals surface area contributed by atoms with E-state index in [1.54, 1.807) is 0 Å². The van der Waals surface area contributed by atoms with Crippen molar-refractivity contribution in [2.24, 2.45) is 0 Å². The smallest absolute Gasteiger partial charge is 0.144 e. The van der Waals surface area contributed by atoms with E-state index in [0.29, 0.717) is 30.5 Å². The molecule has 4 aromatic rings. The monoisotopic (exact) mass is 414 g/mol. The number of hydrogen-bond donors (Lipinski definition) is 2. The van der Waals surface area contributed by atoms with Gasteiger partial charge >= 0.3 is 0 Å². The van der Waals surface area contributed by atoms with E-state index in [0.717, 1.165) is 34.5 Å². The molecule has 1 unspecified atom stereocenters. The van der Waals surface area contributed by atoms with Crippen molar-refractivity contribution >= 4 is 28.1 Å². The van der Waals surface area contributed by atoms with Crippen LogP contribution in [0.1, 0.15) is 6.42 Å². The van der Waals surface area contributed by atoms with Crippen LogP contribution >= 0.6 is 0 Å². The second-order valence-electron chi connectivity index (χ2n) is 7.30. The van der Waals surface area contributed by atoms with Crippen LogP contribution in [0.4, 0.5) is 17.2 Å². The second kappa shape index (κ2) is 8.49. The molecule has 3 N–H and O–H groups in total. The Labute approximate surface area is 179 Å². The number of nitrogen functional groups attached to an aromatic ring is 1. The minimum absolute atomic E-state index is 0.0239. The van der Waals surface area contributed by atoms with Crippen LogP contribution in [0.2, 0.25) is 0 Å². The highest BCUT2D eigenvalue weighted by Gasteiger charge is 2.19. The molecule has 1 atom stereocenters. The number of nitrogens with one attached hydrogen (secondary N) is 1. The van der Waals surface area contributed by atoms with Crippen LogP contribution in [0, 0.1) is 0 Å². The molecule has 1 saturated heterocycles. The summed E-state index contributed by atoms with van der Waals surface area (Å²) in [6.45, 7) is 1.29. The largest absolute Gasteiger partial charge is 0.486 e. The molecule has 7 heteroatoms. The van der Waals surface area contributed by atoms with Crippen molar-refractivity contribution in [2.45, 2.75) is 12.5 Å². The zero-order valence-corrected chi connectivity index (χ0v) is 16.8.